The molecule has 0 spiro atoms. The zero-order valence-corrected chi connectivity index (χ0v) is 12.4. The van der Waals surface area contributed by atoms with Crippen molar-refractivity contribution in [1.82, 2.24) is 0 Å². The zero-order valence-electron chi connectivity index (χ0n) is 10.2. The molecule has 0 aliphatic rings. The van der Waals surface area contributed by atoms with Crippen molar-refractivity contribution in [2.75, 3.05) is 7.11 Å². The lowest BCUT2D eigenvalue weighted by atomic mass is 10.0. The van der Waals surface area contributed by atoms with E-state index in [4.69, 9.17) is 4.74 Å². The van der Waals surface area contributed by atoms with Gasteiger partial charge in [0.1, 0.15) is 5.75 Å². The van der Waals surface area contributed by atoms with Crippen LogP contribution in [0.1, 0.15) is 21.5 Å². The Bertz CT molecular complexity index is 591. The van der Waals surface area contributed by atoms with Crippen LogP contribution in [0.25, 0.3) is 0 Å². The van der Waals surface area contributed by atoms with E-state index in [0.29, 0.717) is 16.9 Å². The Hall–Kier alpha value is -1.36. The predicted octanol–water partition coefficient (Wildman–Crippen LogP) is 3.84. The lowest BCUT2D eigenvalue weighted by Gasteiger charge is -2.08. The molecule has 0 fully saturated rings. The van der Waals surface area contributed by atoms with Crippen LogP contribution in [0.2, 0.25) is 0 Å². The van der Waals surface area contributed by atoms with Crippen LogP contribution in [-0.4, -0.2) is 12.9 Å². The van der Waals surface area contributed by atoms with Gasteiger partial charge in [-0.25, -0.2) is 0 Å². The van der Waals surface area contributed by atoms with E-state index < -0.39 is 0 Å². The molecule has 92 valence electrons. The van der Waals surface area contributed by atoms with Crippen LogP contribution in [0.4, 0.5) is 0 Å². The molecule has 0 bridgehead atoms. The number of hydrogen-bond acceptors (Lipinski definition) is 2. The number of methoxy groups -OCH3 is 1. The molecule has 2 aromatic carbocycles. The molecule has 18 heavy (non-hydrogen) atoms. The fourth-order valence-corrected chi connectivity index (χ4v) is 2.33. The van der Waals surface area contributed by atoms with Gasteiger partial charge in [-0.3, -0.25) is 4.79 Å². The van der Waals surface area contributed by atoms with Gasteiger partial charge < -0.3 is 4.74 Å². The third-order valence-corrected chi connectivity index (χ3v) is 3.36. The Morgan fingerprint density at radius 2 is 1.94 bits per heavy atom. The summed E-state index contributed by atoms with van der Waals surface area (Å²) in [6.07, 6.45) is 0. The normalized spacial score (nSPS) is 10.2. The van der Waals surface area contributed by atoms with Gasteiger partial charge in [-0.05, 0) is 53.8 Å². The first-order chi connectivity index (χ1) is 8.61. The summed E-state index contributed by atoms with van der Waals surface area (Å²) >= 11 is 2.20. The highest BCUT2D eigenvalue weighted by Gasteiger charge is 2.14. The maximum Gasteiger partial charge on any atom is 0.196 e. The molecule has 0 heterocycles. The SMILES string of the molecule is COc1ccc(C)cc1C(=O)c1cccc(I)c1. The second-order valence-electron chi connectivity index (χ2n) is 4.04. The van der Waals surface area contributed by atoms with Crippen LogP contribution in [0, 0.1) is 10.5 Å². The van der Waals surface area contributed by atoms with E-state index in [1.165, 1.54) is 0 Å². The molecule has 2 rings (SSSR count). The topological polar surface area (TPSA) is 26.3 Å². The predicted molar refractivity (Wildman–Crippen MR) is 80.3 cm³/mol. The minimum atomic E-state index is -0.00549. The van der Waals surface area contributed by atoms with Crippen LogP contribution in [0.3, 0.4) is 0 Å². The average Bonchev–Trinajstić information content (AvgIpc) is 2.38. The lowest BCUT2D eigenvalue weighted by Crippen LogP contribution is -2.04. The number of benzene rings is 2. The number of aryl methyl sites for hydroxylation is 1. The minimum absolute atomic E-state index is 0.00549. The molecule has 0 amide bonds. The van der Waals surface area contributed by atoms with Gasteiger partial charge in [0.2, 0.25) is 0 Å². The molecule has 0 aliphatic carbocycles. The zero-order chi connectivity index (χ0) is 13.1. The van der Waals surface area contributed by atoms with Crippen LogP contribution in [0.5, 0.6) is 5.75 Å². The van der Waals surface area contributed by atoms with E-state index in [2.05, 4.69) is 22.6 Å². The van der Waals surface area contributed by atoms with Gasteiger partial charge in [-0.15, -0.1) is 0 Å². The van der Waals surface area contributed by atoms with Crippen molar-refractivity contribution in [1.29, 1.82) is 0 Å². The van der Waals surface area contributed by atoms with Gasteiger partial charge in [-0.1, -0.05) is 23.8 Å². The summed E-state index contributed by atoms with van der Waals surface area (Å²) in [6, 6.07) is 13.2. The number of rotatable bonds is 3. The van der Waals surface area contributed by atoms with Crippen molar-refractivity contribution in [3.05, 3.63) is 62.7 Å². The highest BCUT2D eigenvalue weighted by molar-refractivity contribution is 14.1. The smallest absolute Gasteiger partial charge is 0.196 e. The molecule has 0 atom stereocenters. The van der Waals surface area contributed by atoms with E-state index >= 15 is 0 Å². The number of ketones is 1. The van der Waals surface area contributed by atoms with Gasteiger partial charge >= 0.3 is 0 Å². The molecule has 2 aromatic rings. The highest BCUT2D eigenvalue weighted by atomic mass is 127. The first kappa shape index (κ1) is 13.1. The third-order valence-electron chi connectivity index (χ3n) is 2.69. The fraction of sp³-hybridized carbons (Fsp3) is 0.133. The molecule has 0 unspecified atom stereocenters. The summed E-state index contributed by atoms with van der Waals surface area (Å²) in [7, 11) is 1.58. The molecule has 2 nitrogen and oxygen atoms in total. The van der Waals surface area contributed by atoms with Gasteiger partial charge in [0.25, 0.3) is 0 Å². The van der Waals surface area contributed by atoms with Gasteiger partial charge in [0.05, 0.1) is 12.7 Å². The van der Waals surface area contributed by atoms with Crippen LogP contribution < -0.4 is 4.74 Å². The van der Waals surface area contributed by atoms with E-state index in [9.17, 15) is 4.79 Å². The number of carbonyl (C=O) groups excluding carboxylic acids is 1. The molecular weight excluding hydrogens is 339 g/mol. The largest absolute Gasteiger partial charge is 0.496 e. The summed E-state index contributed by atoms with van der Waals surface area (Å²) in [5.41, 5.74) is 2.34. The van der Waals surface area contributed by atoms with Gasteiger partial charge in [0.15, 0.2) is 5.78 Å². The second kappa shape index (κ2) is 5.52. The molecule has 3 heteroatoms. The number of halogens is 1. The molecular formula is C15H13IO2. The number of hydrogen-bond donors (Lipinski definition) is 0. The minimum Gasteiger partial charge on any atom is -0.496 e. The third kappa shape index (κ3) is 2.72. The molecule has 0 aromatic heterocycles. The van der Waals surface area contributed by atoms with Crippen LogP contribution in [-0.2, 0) is 0 Å². The Morgan fingerprint density at radius 1 is 1.17 bits per heavy atom. The summed E-state index contributed by atoms with van der Waals surface area (Å²) in [4.78, 5) is 12.4. The standard InChI is InChI=1S/C15H13IO2/c1-10-6-7-14(18-2)13(8-10)15(17)11-4-3-5-12(16)9-11/h3-9H,1-2H3. The van der Waals surface area contributed by atoms with Gasteiger partial charge in [-0.2, -0.15) is 0 Å². The van der Waals surface area contributed by atoms with Crippen molar-refractivity contribution >= 4 is 28.4 Å². The number of carbonyl (C=O) groups is 1. The van der Waals surface area contributed by atoms with Crippen LogP contribution >= 0.6 is 22.6 Å². The Labute approximate surface area is 120 Å². The van der Waals surface area contributed by atoms with Crippen molar-refractivity contribution in [3.63, 3.8) is 0 Å². The Balaban J connectivity index is 2.48. The van der Waals surface area contributed by atoms with E-state index in [1.807, 2.05) is 49.4 Å². The maximum atomic E-state index is 12.4. The van der Waals surface area contributed by atoms with E-state index in [1.54, 1.807) is 7.11 Å². The van der Waals surface area contributed by atoms with Crippen molar-refractivity contribution < 1.29 is 9.53 Å². The summed E-state index contributed by atoms with van der Waals surface area (Å²) < 4.78 is 6.30. The Kier molecular flexibility index (Phi) is 4.01. The van der Waals surface area contributed by atoms with Crippen molar-refractivity contribution in [3.8, 4) is 5.75 Å². The lowest BCUT2D eigenvalue weighted by molar-refractivity contribution is 0.103. The molecule has 0 radical (unpaired) electrons. The quantitative estimate of drug-likeness (QED) is 0.620. The fourth-order valence-electron chi connectivity index (χ4n) is 1.78. The first-order valence-electron chi connectivity index (χ1n) is 5.56. The highest BCUT2D eigenvalue weighted by Crippen LogP contribution is 2.23. The molecule has 0 N–H and O–H groups in total. The summed E-state index contributed by atoms with van der Waals surface area (Å²) in [5.74, 6) is 0.610. The summed E-state index contributed by atoms with van der Waals surface area (Å²) in [5, 5.41) is 0. The van der Waals surface area contributed by atoms with Crippen molar-refractivity contribution in [2.45, 2.75) is 6.92 Å². The maximum absolute atomic E-state index is 12.4. The first-order valence-corrected chi connectivity index (χ1v) is 6.64. The monoisotopic (exact) mass is 352 g/mol. The Morgan fingerprint density at radius 3 is 2.61 bits per heavy atom. The van der Waals surface area contributed by atoms with Crippen molar-refractivity contribution in [2.24, 2.45) is 0 Å². The molecule has 0 saturated heterocycles. The summed E-state index contributed by atoms with van der Waals surface area (Å²) in [6.45, 7) is 1.96. The molecule has 0 saturated carbocycles. The molecule has 0 aliphatic heterocycles. The van der Waals surface area contributed by atoms with E-state index in [0.717, 1.165) is 9.13 Å². The van der Waals surface area contributed by atoms with Gasteiger partial charge in [0, 0.05) is 9.13 Å². The number of ether oxygens (including phenoxy) is 1. The van der Waals surface area contributed by atoms with E-state index in [-0.39, 0.29) is 5.78 Å². The second-order valence-corrected chi connectivity index (χ2v) is 5.29. The van der Waals surface area contributed by atoms with Crippen LogP contribution in [0.15, 0.2) is 42.5 Å². The average molecular weight is 352 g/mol.